The molecule has 0 aliphatic heterocycles. The molecule has 0 saturated heterocycles. The Kier molecular flexibility index (Phi) is 2.14. The minimum absolute atomic E-state index is 0.622. The summed E-state index contributed by atoms with van der Waals surface area (Å²) in [6.45, 7) is 0. The average Bonchev–Trinajstić information content (AvgIpc) is 3.04. The van der Waals surface area contributed by atoms with Crippen LogP contribution >= 0.6 is 15.9 Å². The highest BCUT2D eigenvalue weighted by molar-refractivity contribution is 9.10. The fourth-order valence-electron chi connectivity index (χ4n) is 2.39. The Balaban J connectivity index is 2.21. The first-order valence-electron chi connectivity index (χ1n) is 5.53. The lowest BCUT2D eigenvalue weighted by Crippen LogP contribution is -2.19. The van der Waals surface area contributed by atoms with Gasteiger partial charge in [0.2, 0.25) is 0 Å². The summed E-state index contributed by atoms with van der Waals surface area (Å²) in [6.07, 6.45) is 3.49. The summed E-state index contributed by atoms with van der Waals surface area (Å²) in [6, 6.07) is 5.94. The second-order valence-corrected chi connectivity index (χ2v) is 5.56. The van der Waals surface area contributed by atoms with Crippen LogP contribution in [0.1, 0.15) is 18.4 Å². The average molecular weight is 294 g/mol. The summed E-state index contributed by atoms with van der Waals surface area (Å²) < 4.78 is 3.04. The quantitative estimate of drug-likeness (QED) is 0.925. The van der Waals surface area contributed by atoms with E-state index < -0.39 is 11.4 Å². The molecule has 0 spiro atoms. The van der Waals surface area contributed by atoms with Gasteiger partial charge in [-0.15, -0.1) is 0 Å². The molecule has 1 aromatic heterocycles. The van der Waals surface area contributed by atoms with Gasteiger partial charge in [0.25, 0.3) is 0 Å². The van der Waals surface area contributed by atoms with Crippen LogP contribution in [0.15, 0.2) is 28.9 Å². The zero-order valence-corrected chi connectivity index (χ0v) is 11.0. The first-order chi connectivity index (χ1) is 8.04. The third-order valence-corrected chi connectivity index (χ3v) is 4.28. The number of carboxylic acids is 1. The lowest BCUT2D eigenvalue weighted by atomic mass is 9.95. The molecule has 1 heterocycles. The summed E-state index contributed by atoms with van der Waals surface area (Å²) >= 11 is 3.51. The molecule has 3 rings (SSSR count). The maximum Gasteiger partial charge on any atom is 0.314 e. The fourth-order valence-corrected chi connectivity index (χ4v) is 3.02. The molecule has 17 heavy (non-hydrogen) atoms. The molecule has 0 amide bonds. The van der Waals surface area contributed by atoms with Crippen molar-refractivity contribution in [3.05, 3.63) is 34.4 Å². The Morgan fingerprint density at radius 3 is 2.76 bits per heavy atom. The van der Waals surface area contributed by atoms with E-state index in [-0.39, 0.29) is 0 Å². The molecule has 1 saturated carbocycles. The predicted molar refractivity (Wildman–Crippen MR) is 69.2 cm³/mol. The second-order valence-electron chi connectivity index (χ2n) is 4.71. The van der Waals surface area contributed by atoms with E-state index >= 15 is 0 Å². The normalized spacial score (nSPS) is 17.3. The van der Waals surface area contributed by atoms with Crippen LogP contribution in [0.2, 0.25) is 0 Å². The number of nitrogens with zero attached hydrogens (tertiary/aromatic N) is 1. The minimum Gasteiger partial charge on any atom is -0.481 e. The monoisotopic (exact) mass is 293 g/mol. The van der Waals surface area contributed by atoms with E-state index in [0.29, 0.717) is 0 Å². The molecule has 4 heteroatoms. The maximum absolute atomic E-state index is 11.3. The third-order valence-electron chi connectivity index (χ3n) is 3.65. The smallest absolute Gasteiger partial charge is 0.314 e. The van der Waals surface area contributed by atoms with Crippen LogP contribution in [-0.2, 0) is 17.3 Å². The van der Waals surface area contributed by atoms with Crippen LogP contribution in [0, 0.1) is 0 Å². The van der Waals surface area contributed by atoms with Gasteiger partial charge >= 0.3 is 5.97 Å². The fraction of sp³-hybridized carbons (Fsp3) is 0.308. The summed E-state index contributed by atoms with van der Waals surface area (Å²) in [5.74, 6) is -0.705. The molecule has 0 atom stereocenters. The van der Waals surface area contributed by atoms with Crippen LogP contribution in [0.25, 0.3) is 10.9 Å². The van der Waals surface area contributed by atoms with Gasteiger partial charge in [-0.25, -0.2) is 0 Å². The lowest BCUT2D eigenvalue weighted by Gasteiger charge is -2.10. The molecule has 1 aliphatic carbocycles. The molecule has 1 aliphatic rings. The maximum atomic E-state index is 11.3. The van der Waals surface area contributed by atoms with Crippen molar-refractivity contribution in [1.82, 2.24) is 4.57 Å². The molecule has 1 fully saturated rings. The van der Waals surface area contributed by atoms with E-state index in [4.69, 9.17) is 0 Å². The highest BCUT2D eigenvalue weighted by atomic mass is 79.9. The summed E-state index contributed by atoms with van der Waals surface area (Å²) in [4.78, 5) is 11.3. The molecule has 0 unspecified atom stereocenters. The minimum atomic E-state index is -0.705. The zero-order chi connectivity index (χ0) is 12.2. The van der Waals surface area contributed by atoms with Gasteiger partial charge in [0.05, 0.1) is 5.41 Å². The number of aryl methyl sites for hydroxylation is 1. The molecule has 0 bridgehead atoms. The molecule has 2 aromatic rings. The number of halogens is 1. The summed E-state index contributed by atoms with van der Waals surface area (Å²) in [5, 5.41) is 10.4. The number of fused-ring (bicyclic) bond motifs is 1. The van der Waals surface area contributed by atoms with E-state index in [1.165, 1.54) is 0 Å². The Morgan fingerprint density at radius 2 is 2.18 bits per heavy atom. The van der Waals surface area contributed by atoms with Crippen molar-refractivity contribution in [2.75, 3.05) is 0 Å². The van der Waals surface area contributed by atoms with Crippen molar-refractivity contribution in [2.24, 2.45) is 7.05 Å². The number of aromatic nitrogens is 1. The van der Waals surface area contributed by atoms with Crippen LogP contribution in [0.5, 0.6) is 0 Å². The van der Waals surface area contributed by atoms with Gasteiger partial charge in [-0.3, -0.25) is 4.79 Å². The largest absolute Gasteiger partial charge is 0.481 e. The van der Waals surface area contributed by atoms with E-state index in [1.54, 1.807) is 0 Å². The van der Waals surface area contributed by atoms with Gasteiger partial charge in [-0.1, -0.05) is 6.07 Å². The van der Waals surface area contributed by atoms with E-state index in [0.717, 1.165) is 33.8 Å². The molecule has 1 N–H and O–H groups in total. The van der Waals surface area contributed by atoms with Crippen molar-refractivity contribution in [1.29, 1.82) is 0 Å². The summed E-state index contributed by atoms with van der Waals surface area (Å²) in [7, 11) is 1.98. The van der Waals surface area contributed by atoms with Gasteiger partial charge < -0.3 is 9.67 Å². The van der Waals surface area contributed by atoms with Crippen molar-refractivity contribution in [2.45, 2.75) is 18.3 Å². The Morgan fingerprint density at radius 1 is 1.47 bits per heavy atom. The Bertz CT molecular complexity index is 626. The van der Waals surface area contributed by atoms with Crippen LogP contribution < -0.4 is 0 Å². The van der Waals surface area contributed by atoms with Gasteiger partial charge in [0, 0.05) is 28.6 Å². The number of benzene rings is 1. The number of hydrogen-bond acceptors (Lipinski definition) is 1. The topological polar surface area (TPSA) is 42.2 Å². The highest BCUT2D eigenvalue weighted by Crippen LogP contribution is 2.49. The lowest BCUT2D eigenvalue weighted by molar-refractivity contribution is -0.140. The van der Waals surface area contributed by atoms with Crippen molar-refractivity contribution in [3.8, 4) is 0 Å². The first-order valence-corrected chi connectivity index (χ1v) is 6.32. The number of rotatable bonds is 2. The Labute approximate surface area is 107 Å². The van der Waals surface area contributed by atoms with Gasteiger partial charge in [-0.2, -0.15) is 0 Å². The number of aliphatic carboxylic acids is 1. The third kappa shape index (κ3) is 1.43. The molecular formula is C13H12BrNO2. The molecule has 3 nitrogen and oxygen atoms in total. The zero-order valence-electron chi connectivity index (χ0n) is 9.40. The SMILES string of the molecule is Cn1cc(Br)c2cc(C3(C(=O)O)CC3)ccc21. The molecule has 88 valence electrons. The standard InChI is InChI=1S/C13H12BrNO2/c1-15-7-10(14)9-6-8(2-3-11(9)15)13(4-5-13)12(16)17/h2-3,6-7H,4-5H2,1H3,(H,16,17). The molecular weight excluding hydrogens is 282 g/mol. The van der Waals surface area contributed by atoms with Crippen LogP contribution in [-0.4, -0.2) is 15.6 Å². The number of hydrogen-bond donors (Lipinski definition) is 1. The number of carbonyl (C=O) groups is 1. The molecule has 0 radical (unpaired) electrons. The van der Waals surface area contributed by atoms with Crippen LogP contribution in [0.4, 0.5) is 0 Å². The van der Waals surface area contributed by atoms with Crippen molar-refractivity contribution in [3.63, 3.8) is 0 Å². The van der Waals surface area contributed by atoms with Crippen molar-refractivity contribution >= 4 is 32.8 Å². The van der Waals surface area contributed by atoms with Crippen LogP contribution in [0.3, 0.4) is 0 Å². The summed E-state index contributed by atoms with van der Waals surface area (Å²) in [5.41, 5.74) is 1.41. The molecule has 1 aromatic carbocycles. The van der Waals surface area contributed by atoms with Gasteiger partial charge in [0.15, 0.2) is 0 Å². The van der Waals surface area contributed by atoms with Crippen molar-refractivity contribution < 1.29 is 9.90 Å². The predicted octanol–water partition coefficient (Wildman–Crippen LogP) is 3.06. The van der Waals surface area contributed by atoms with Gasteiger partial charge in [-0.05, 0) is 46.5 Å². The first kappa shape index (κ1) is 10.8. The number of carboxylic acid groups (broad SMARTS) is 1. The van der Waals surface area contributed by atoms with E-state index in [1.807, 2.05) is 36.0 Å². The highest BCUT2D eigenvalue weighted by Gasteiger charge is 2.51. The van der Waals surface area contributed by atoms with Gasteiger partial charge in [0.1, 0.15) is 0 Å². The second kappa shape index (κ2) is 3.35. The van der Waals surface area contributed by atoms with E-state index in [9.17, 15) is 9.90 Å². The van der Waals surface area contributed by atoms with E-state index in [2.05, 4.69) is 15.9 Å². The Hall–Kier alpha value is -1.29.